The Morgan fingerprint density at radius 2 is 1.94 bits per heavy atom. The Labute approximate surface area is 102 Å². The maximum atomic E-state index is 11.9. The molecular weight excluding hydrogens is 229 g/mol. The summed E-state index contributed by atoms with van der Waals surface area (Å²) < 4.78 is 11.9. The summed E-state index contributed by atoms with van der Waals surface area (Å²) >= 11 is 0. The van der Waals surface area contributed by atoms with Gasteiger partial charge >= 0.3 is 0 Å². The van der Waals surface area contributed by atoms with Gasteiger partial charge in [0.2, 0.25) is 0 Å². The molecule has 0 spiro atoms. The van der Waals surface area contributed by atoms with Gasteiger partial charge in [-0.15, -0.1) is 0 Å². The molecule has 0 aromatic heterocycles. The summed E-state index contributed by atoms with van der Waals surface area (Å²) in [5, 5.41) is 11.3. The van der Waals surface area contributed by atoms with Crippen molar-refractivity contribution in [1.82, 2.24) is 0 Å². The van der Waals surface area contributed by atoms with Crippen LogP contribution in [0.3, 0.4) is 0 Å². The second-order valence-corrected chi connectivity index (χ2v) is 3.91. The molecule has 92 valence electrons. The highest BCUT2D eigenvalue weighted by molar-refractivity contribution is 5.26. The molecule has 0 aliphatic carbocycles. The van der Waals surface area contributed by atoms with Gasteiger partial charge in [0, 0.05) is 12.8 Å². The van der Waals surface area contributed by atoms with E-state index in [1.54, 1.807) is 12.1 Å². The highest BCUT2D eigenvalue weighted by Gasteiger charge is 2.05. The molecule has 0 aliphatic heterocycles. The van der Waals surface area contributed by atoms with E-state index in [4.69, 9.17) is 5.11 Å². The summed E-state index contributed by atoms with van der Waals surface area (Å²) in [6.45, 7) is 2.74. The molecule has 0 aliphatic rings. The van der Waals surface area contributed by atoms with Gasteiger partial charge in [-0.2, -0.15) is 0 Å². The monoisotopic (exact) mass is 247 g/mol. The number of aromatic hydroxyl groups is 1. The number of nitrogens with two attached hydrogens (primary N) is 1. The predicted molar refractivity (Wildman–Crippen MR) is 58.7 cm³/mol. The van der Waals surface area contributed by atoms with Crippen LogP contribution in [0.5, 0.6) is 5.75 Å². The Morgan fingerprint density at radius 3 is 2.50 bits per heavy atom. The Morgan fingerprint density at radius 1 is 1.31 bits per heavy atom. The first kappa shape index (κ1) is 15.2. The van der Waals surface area contributed by atoms with Crippen LogP contribution in [-0.2, 0) is 6.42 Å². The third-order valence-electron chi connectivity index (χ3n) is 2.40. The van der Waals surface area contributed by atoms with Crippen molar-refractivity contribution in [2.24, 2.45) is 0 Å². The van der Waals surface area contributed by atoms with Crippen LogP contribution in [0, 0.1) is 0 Å². The lowest BCUT2D eigenvalue weighted by Crippen LogP contribution is -3.00. The van der Waals surface area contributed by atoms with Crippen LogP contribution >= 0.6 is 0 Å². The van der Waals surface area contributed by atoms with Gasteiger partial charge in [-0.3, -0.25) is 4.39 Å². The number of phenolic OH excluding ortho intramolecular Hbond substituents is 1. The molecule has 1 aromatic rings. The molecule has 2 nitrogen and oxygen atoms in total. The molecule has 16 heavy (non-hydrogen) atoms. The third kappa shape index (κ3) is 5.93. The summed E-state index contributed by atoms with van der Waals surface area (Å²) in [5.41, 5.74) is 1.21. The van der Waals surface area contributed by atoms with E-state index >= 15 is 0 Å². The quantitative estimate of drug-likeness (QED) is 0.575. The molecule has 4 heteroatoms. The molecule has 1 atom stereocenters. The Hall–Kier alpha value is -0.800. The first-order chi connectivity index (χ1) is 7.22. The van der Waals surface area contributed by atoms with Gasteiger partial charge in [0.05, 0.1) is 19.3 Å². The van der Waals surface area contributed by atoms with Crippen LogP contribution in [0.15, 0.2) is 24.3 Å². The van der Waals surface area contributed by atoms with Gasteiger partial charge in [0.15, 0.2) is 0 Å². The van der Waals surface area contributed by atoms with Crippen molar-refractivity contribution in [1.29, 1.82) is 0 Å². The van der Waals surface area contributed by atoms with Crippen LogP contribution in [0.1, 0.15) is 18.9 Å². The normalized spacial score (nSPS) is 11.9. The number of halogens is 2. The average Bonchev–Trinajstić information content (AvgIpc) is 2.22. The Balaban J connectivity index is 0.00000225. The zero-order valence-corrected chi connectivity index (χ0v) is 10.3. The molecule has 0 radical (unpaired) electrons. The summed E-state index contributed by atoms with van der Waals surface area (Å²) in [7, 11) is 0. The molecule has 3 N–H and O–H groups in total. The first-order valence-corrected chi connectivity index (χ1v) is 5.39. The van der Waals surface area contributed by atoms with Crippen molar-refractivity contribution >= 4 is 0 Å². The van der Waals surface area contributed by atoms with E-state index in [0.29, 0.717) is 18.2 Å². The van der Waals surface area contributed by atoms with E-state index in [0.717, 1.165) is 13.0 Å². The Bertz CT molecular complexity index is 279. The third-order valence-corrected chi connectivity index (χ3v) is 2.40. The van der Waals surface area contributed by atoms with Crippen LogP contribution in [0.25, 0.3) is 0 Å². The fourth-order valence-corrected chi connectivity index (χ4v) is 1.57. The SMILES string of the molecule is CC(Cc1ccc(O)cc1)[NH2+]CCCF.[Cl-]. The number of hydrogen-bond donors (Lipinski definition) is 2. The van der Waals surface area contributed by atoms with E-state index < -0.39 is 0 Å². The van der Waals surface area contributed by atoms with Crippen molar-refractivity contribution in [3.8, 4) is 5.75 Å². The van der Waals surface area contributed by atoms with Crippen molar-refractivity contribution in [3.05, 3.63) is 29.8 Å². The summed E-state index contributed by atoms with van der Waals surface area (Å²) in [6.07, 6.45) is 1.58. The number of benzene rings is 1. The standard InChI is InChI=1S/C12H18FNO.ClH/c1-10(14-8-2-7-13)9-11-3-5-12(15)6-4-11;/h3-6,10,14-15H,2,7-9H2,1H3;1H. The fraction of sp³-hybridized carbons (Fsp3) is 0.500. The maximum Gasteiger partial charge on any atom is 0.115 e. The molecule has 1 unspecified atom stereocenters. The zero-order chi connectivity index (χ0) is 11.1. The minimum atomic E-state index is -0.234. The largest absolute Gasteiger partial charge is 1.00 e. The van der Waals surface area contributed by atoms with Crippen molar-refractivity contribution in [2.75, 3.05) is 13.2 Å². The van der Waals surface area contributed by atoms with Crippen molar-refractivity contribution < 1.29 is 27.2 Å². The summed E-state index contributed by atoms with van der Waals surface area (Å²) in [4.78, 5) is 0. The van der Waals surface area contributed by atoms with Crippen LogP contribution in [0.4, 0.5) is 4.39 Å². The highest BCUT2D eigenvalue weighted by Crippen LogP contribution is 2.10. The molecule has 0 bridgehead atoms. The van der Waals surface area contributed by atoms with Gasteiger partial charge in [0.1, 0.15) is 5.75 Å². The Kier molecular flexibility index (Phi) is 7.95. The number of phenols is 1. The van der Waals surface area contributed by atoms with Crippen molar-refractivity contribution in [2.45, 2.75) is 25.8 Å². The number of hydrogen-bond acceptors (Lipinski definition) is 1. The zero-order valence-electron chi connectivity index (χ0n) is 9.50. The molecular formula is C12H19ClFNO. The average molecular weight is 248 g/mol. The molecule has 0 amide bonds. The van der Waals surface area contributed by atoms with Gasteiger partial charge in [-0.05, 0) is 24.6 Å². The van der Waals surface area contributed by atoms with Gasteiger partial charge < -0.3 is 22.8 Å². The summed E-state index contributed by atoms with van der Waals surface area (Å²) in [5.74, 6) is 0.299. The fourth-order valence-electron chi connectivity index (χ4n) is 1.57. The number of rotatable bonds is 6. The molecule has 0 saturated carbocycles. The van der Waals surface area contributed by atoms with E-state index in [-0.39, 0.29) is 19.1 Å². The lowest BCUT2D eigenvalue weighted by atomic mass is 10.1. The van der Waals surface area contributed by atoms with E-state index in [9.17, 15) is 4.39 Å². The molecule has 0 saturated heterocycles. The first-order valence-electron chi connectivity index (χ1n) is 5.39. The minimum absolute atomic E-state index is 0. The van der Waals surface area contributed by atoms with Crippen molar-refractivity contribution in [3.63, 3.8) is 0 Å². The number of quaternary nitrogens is 1. The van der Waals surface area contributed by atoms with Gasteiger partial charge in [0.25, 0.3) is 0 Å². The van der Waals surface area contributed by atoms with Crippen LogP contribution in [0.2, 0.25) is 0 Å². The smallest absolute Gasteiger partial charge is 0.115 e. The minimum Gasteiger partial charge on any atom is -1.00 e. The molecule has 1 rings (SSSR count). The molecule has 0 heterocycles. The van der Waals surface area contributed by atoms with Crippen LogP contribution in [-0.4, -0.2) is 24.4 Å². The predicted octanol–water partition coefficient (Wildman–Crippen LogP) is -1.75. The van der Waals surface area contributed by atoms with E-state index in [2.05, 4.69) is 12.2 Å². The molecule has 0 fully saturated rings. The molecule has 1 aromatic carbocycles. The summed E-state index contributed by atoms with van der Waals surface area (Å²) in [6, 6.07) is 7.71. The highest BCUT2D eigenvalue weighted by atomic mass is 35.5. The van der Waals surface area contributed by atoms with E-state index in [1.165, 1.54) is 5.56 Å². The lowest BCUT2D eigenvalue weighted by molar-refractivity contribution is -0.686. The van der Waals surface area contributed by atoms with E-state index in [1.807, 2.05) is 12.1 Å². The van der Waals surface area contributed by atoms with Gasteiger partial charge in [-0.1, -0.05) is 12.1 Å². The second kappa shape index (κ2) is 8.36. The lowest BCUT2D eigenvalue weighted by Gasteiger charge is -2.10. The topological polar surface area (TPSA) is 36.8 Å². The van der Waals surface area contributed by atoms with Gasteiger partial charge in [-0.25, -0.2) is 0 Å². The number of alkyl halides is 1. The van der Waals surface area contributed by atoms with Crippen LogP contribution < -0.4 is 17.7 Å². The second-order valence-electron chi connectivity index (χ2n) is 3.91. The maximum absolute atomic E-state index is 11.9.